The first-order valence-corrected chi connectivity index (χ1v) is 6.96. The zero-order chi connectivity index (χ0) is 12.5. The quantitative estimate of drug-likeness (QED) is 0.440. The number of nitrogens with one attached hydrogen (secondary N) is 1. The van der Waals surface area contributed by atoms with E-state index in [1.165, 1.54) is 0 Å². The molecule has 1 aromatic heterocycles. The largest absolute Gasteiger partial charge is 0.385 e. The summed E-state index contributed by atoms with van der Waals surface area (Å²) in [6.45, 7) is 5.82. The fraction of sp³-hybridized carbons (Fsp3) is 0.667. The number of hydrogen-bond acceptors (Lipinski definition) is 5. The van der Waals surface area contributed by atoms with E-state index in [0.717, 1.165) is 48.4 Å². The maximum absolute atomic E-state index is 5.02. The van der Waals surface area contributed by atoms with Crippen LogP contribution in [0.3, 0.4) is 0 Å². The van der Waals surface area contributed by atoms with Crippen LogP contribution in [0.25, 0.3) is 0 Å². The van der Waals surface area contributed by atoms with Crippen molar-refractivity contribution >= 4 is 17.6 Å². The van der Waals surface area contributed by atoms with Crippen LogP contribution in [0.15, 0.2) is 11.1 Å². The van der Waals surface area contributed by atoms with Crippen LogP contribution >= 0.6 is 11.8 Å². The molecule has 5 heteroatoms. The second-order valence-corrected chi connectivity index (χ2v) is 4.88. The van der Waals surface area contributed by atoms with Gasteiger partial charge in [0.05, 0.1) is 0 Å². The van der Waals surface area contributed by atoms with Gasteiger partial charge in [0.2, 0.25) is 0 Å². The van der Waals surface area contributed by atoms with Gasteiger partial charge in [-0.2, -0.15) is 0 Å². The lowest BCUT2D eigenvalue weighted by atomic mass is 10.4. The van der Waals surface area contributed by atoms with E-state index in [1.54, 1.807) is 18.9 Å². The third-order valence-electron chi connectivity index (χ3n) is 2.11. The Morgan fingerprint density at radius 3 is 2.94 bits per heavy atom. The van der Waals surface area contributed by atoms with Crippen LogP contribution in [0.2, 0.25) is 0 Å². The molecule has 0 saturated heterocycles. The van der Waals surface area contributed by atoms with Gasteiger partial charge in [-0.25, -0.2) is 9.97 Å². The molecular formula is C12H21N3OS. The van der Waals surface area contributed by atoms with Gasteiger partial charge in [0, 0.05) is 32.1 Å². The van der Waals surface area contributed by atoms with Crippen LogP contribution in [0, 0.1) is 6.92 Å². The minimum absolute atomic E-state index is 0.804. The van der Waals surface area contributed by atoms with E-state index in [9.17, 15) is 0 Å². The Morgan fingerprint density at radius 1 is 1.41 bits per heavy atom. The molecule has 1 rings (SSSR count). The van der Waals surface area contributed by atoms with E-state index in [4.69, 9.17) is 4.74 Å². The lowest BCUT2D eigenvalue weighted by Crippen LogP contribution is -2.04. The molecule has 0 aliphatic carbocycles. The first kappa shape index (κ1) is 14.3. The monoisotopic (exact) mass is 255 g/mol. The van der Waals surface area contributed by atoms with Gasteiger partial charge in [-0.3, -0.25) is 0 Å². The van der Waals surface area contributed by atoms with Gasteiger partial charge in [0.1, 0.15) is 16.7 Å². The van der Waals surface area contributed by atoms with Crippen molar-refractivity contribution in [2.45, 2.75) is 31.7 Å². The predicted molar refractivity (Wildman–Crippen MR) is 72.8 cm³/mol. The van der Waals surface area contributed by atoms with Crippen LogP contribution in [0.5, 0.6) is 0 Å². The average Bonchev–Trinajstić information content (AvgIpc) is 2.31. The summed E-state index contributed by atoms with van der Waals surface area (Å²) in [5, 5.41) is 4.32. The normalized spacial score (nSPS) is 10.5. The number of aryl methyl sites for hydroxylation is 1. The van der Waals surface area contributed by atoms with Crippen molar-refractivity contribution in [3.05, 3.63) is 11.9 Å². The van der Waals surface area contributed by atoms with Gasteiger partial charge in [-0.05, 0) is 19.8 Å². The topological polar surface area (TPSA) is 47.0 Å². The minimum atomic E-state index is 0.804. The van der Waals surface area contributed by atoms with E-state index in [-0.39, 0.29) is 0 Å². The minimum Gasteiger partial charge on any atom is -0.385 e. The first-order valence-electron chi connectivity index (χ1n) is 5.97. The molecule has 0 aliphatic rings. The van der Waals surface area contributed by atoms with Crippen molar-refractivity contribution in [1.29, 1.82) is 0 Å². The Balaban J connectivity index is 2.50. The van der Waals surface area contributed by atoms with Crippen LogP contribution < -0.4 is 5.32 Å². The summed E-state index contributed by atoms with van der Waals surface area (Å²) in [5.74, 6) is 2.77. The molecule has 0 amide bonds. The molecule has 1 N–H and O–H groups in total. The summed E-state index contributed by atoms with van der Waals surface area (Å²) in [5.41, 5.74) is 0. The number of thioether (sulfide) groups is 1. The van der Waals surface area contributed by atoms with E-state index >= 15 is 0 Å². The van der Waals surface area contributed by atoms with Crippen LogP contribution in [-0.2, 0) is 4.74 Å². The second-order valence-electron chi connectivity index (χ2n) is 3.76. The molecular weight excluding hydrogens is 234 g/mol. The summed E-state index contributed by atoms with van der Waals surface area (Å²) in [6, 6.07) is 2.01. The molecule has 0 aliphatic heterocycles. The molecule has 0 saturated carbocycles. The van der Waals surface area contributed by atoms with Gasteiger partial charge >= 0.3 is 0 Å². The molecule has 1 heterocycles. The van der Waals surface area contributed by atoms with Crippen LogP contribution in [-0.4, -0.2) is 36.0 Å². The number of ether oxygens (including phenoxy) is 1. The first-order chi connectivity index (χ1) is 8.26. The fourth-order valence-corrected chi connectivity index (χ4v) is 2.20. The zero-order valence-electron chi connectivity index (χ0n) is 10.8. The van der Waals surface area contributed by atoms with Crippen LogP contribution in [0.1, 0.15) is 25.6 Å². The third kappa shape index (κ3) is 5.89. The lowest BCUT2D eigenvalue weighted by molar-refractivity contribution is 0.200. The van der Waals surface area contributed by atoms with Gasteiger partial charge in [-0.1, -0.05) is 6.92 Å². The number of methoxy groups -OCH3 is 1. The molecule has 0 unspecified atom stereocenters. The Kier molecular flexibility index (Phi) is 6.96. The molecule has 0 atom stereocenters. The van der Waals surface area contributed by atoms with Gasteiger partial charge in [0.15, 0.2) is 0 Å². The van der Waals surface area contributed by atoms with Crippen molar-refractivity contribution < 1.29 is 4.74 Å². The fourth-order valence-electron chi connectivity index (χ4n) is 1.34. The number of anilines is 1. The van der Waals surface area contributed by atoms with E-state index in [1.807, 2.05) is 13.0 Å². The second kappa shape index (κ2) is 8.31. The van der Waals surface area contributed by atoms with E-state index in [0.29, 0.717) is 0 Å². The standard InChI is InChI=1S/C12H21N3OS/c1-4-6-13-11-9-12(15-10(2)14-11)17-8-5-7-16-3/h9H,4-8H2,1-3H3,(H,13,14,15). The summed E-state index contributed by atoms with van der Waals surface area (Å²) in [7, 11) is 1.73. The highest BCUT2D eigenvalue weighted by Gasteiger charge is 2.02. The molecule has 4 nitrogen and oxygen atoms in total. The highest BCUT2D eigenvalue weighted by molar-refractivity contribution is 7.99. The highest BCUT2D eigenvalue weighted by Crippen LogP contribution is 2.19. The van der Waals surface area contributed by atoms with E-state index < -0.39 is 0 Å². The molecule has 0 aromatic carbocycles. The maximum atomic E-state index is 5.02. The summed E-state index contributed by atoms with van der Waals surface area (Å²) in [4.78, 5) is 8.77. The number of hydrogen-bond donors (Lipinski definition) is 1. The highest BCUT2D eigenvalue weighted by atomic mass is 32.2. The Morgan fingerprint density at radius 2 is 2.24 bits per heavy atom. The molecule has 17 heavy (non-hydrogen) atoms. The number of aromatic nitrogens is 2. The molecule has 0 fully saturated rings. The van der Waals surface area contributed by atoms with Crippen molar-refractivity contribution in [3.63, 3.8) is 0 Å². The zero-order valence-corrected chi connectivity index (χ0v) is 11.6. The molecule has 0 radical (unpaired) electrons. The number of nitrogens with zero attached hydrogens (tertiary/aromatic N) is 2. The Labute approximate surface area is 108 Å². The summed E-state index contributed by atoms with van der Waals surface area (Å²) < 4.78 is 5.02. The average molecular weight is 255 g/mol. The Hall–Kier alpha value is -0.810. The molecule has 1 aromatic rings. The summed E-state index contributed by atoms with van der Waals surface area (Å²) >= 11 is 1.75. The van der Waals surface area contributed by atoms with Crippen molar-refractivity contribution in [2.24, 2.45) is 0 Å². The Bertz CT molecular complexity index is 334. The van der Waals surface area contributed by atoms with Gasteiger partial charge < -0.3 is 10.1 Å². The van der Waals surface area contributed by atoms with Crippen molar-refractivity contribution in [1.82, 2.24) is 9.97 Å². The van der Waals surface area contributed by atoms with Crippen molar-refractivity contribution in [3.8, 4) is 0 Å². The smallest absolute Gasteiger partial charge is 0.130 e. The maximum Gasteiger partial charge on any atom is 0.130 e. The van der Waals surface area contributed by atoms with Gasteiger partial charge in [-0.15, -0.1) is 11.8 Å². The molecule has 96 valence electrons. The third-order valence-corrected chi connectivity index (χ3v) is 3.11. The van der Waals surface area contributed by atoms with Crippen molar-refractivity contribution in [2.75, 3.05) is 31.3 Å². The summed E-state index contributed by atoms with van der Waals surface area (Å²) in [6.07, 6.45) is 2.14. The molecule has 0 bridgehead atoms. The van der Waals surface area contributed by atoms with Gasteiger partial charge in [0.25, 0.3) is 0 Å². The van der Waals surface area contributed by atoms with E-state index in [2.05, 4.69) is 22.2 Å². The SMILES string of the molecule is CCCNc1cc(SCCCOC)nc(C)n1. The molecule has 0 spiro atoms. The lowest BCUT2D eigenvalue weighted by Gasteiger charge is -2.07. The number of rotatable bonds is 8. The predicted octanol–water partition coefficient (Wildman–Crippen LogP) is 2.74. The van der Waals surface area contributed by atoms with Crippen LogP contribution in [0.4, 0.5) is 5.82 Å².